The van der Waals surface area contributed by atoms with E-state index in [2.05, 4.69) is 0 Å². The van der Waals surface area contributed by atoms with Crippen molar-refractivity contribution in [3.05, 3.63) is 71.8 Å². The van der Waals surface area contributed by atoms with Crippen molar-refractivity contribution in [1.29, 1.82) is 0 Å². The second kappa shape index (κ2) is 9.15. The van der Waals surface area contributed by atoms with Crippen molar-refractivity contribution < 1.29 is 19.0 Å². The highest BCUT2D eigenvalue weighted by Crippen LogP contribution is 2.39. The summed E-state index contributed by atoms with van der Waals surface area (Å²) in [6.07, 6.45) is 3.40. The van der Waals surface area contributed by atoms with Gasteiger partial charge in [-0.05, 0) is 36.8 Å². The van der Waals surface area contributed by atoms with Crippen LogP contribution in [0.3, 0.4) is 0 Å². The summed E-state index contributed by atoms with van der Waals surface area (Å²) in [6.45, 7) is 0. The van der Waals surface area contributed by atoms with Gasteiger partial charge in [-0.25, -0.2) is 8.78 Å². The highest BCUT2D eigenvalue weighted by molar-refractivity contribution is 5.25. The van der Waals surface area contributed by atoms with E-state index in [-0.39, 0.29) is 0 Å². The largest absolute Gasteiger partial charge is 0.382 e. The summed E-state index contributed by atoms with van der Waals surface area (Å²) >= 11 is 0. The van der Waals surface area contributed by atoms with E-state index in [1.165, 1.54) is 0 Å². The van der Waals surface area contributed by atoms with Crippen molar-refractivity contribution in [2.45, 2.75) is 74.9 Å². The zero-order chi connectivity index (χ0) is 20.0. The van der Waals surface area contributed by atoms with Crippen molar-refractivity contribution in [3.63, 3.8) is 0 Å². The first-order valence-corrected chi connectivity index (χ1v) is 10.3. The van der Waals surface area contributed by atoms with Crippen LogP contribution < -0.4 is 0 Å². The maximum Gasteiger partial charge on any atom is 0.133 e. The van der Waals surface area contributed by atoms with Crippen LogP contribution in [0.15, 0.2) is 60.7 Å². The van der Waals surface area contributed by atoms with Crippen LogP contribution in [0.5, 0.6) is 0 Å². The maximum atomic E-state index is 13.7. The van der Waals surface area contributed by atoms with Gasteiger partial charge in [-0.2, -0.15) is 0 Å². The molecule has 152 valence electrons. The molecule has 2 aromatic carbocycles. The highest BCUT2D eigenvalue weighted by Gasteiger charge is 2.41. The van der Waals surface area contributed by atoms with Crippen LogP contribution in [0, 0.1) is 0 Å². The average Bonchev–Trinajstić information content (AvgIpc) is 2.74. The zero-order valence-corrected chi connectivity index (χ0v) is 16.2. The average molecular weight is 388 g/mol. The van der Waals surface area contributed by atoms with E-state index in [1.54, 1.807) is 24.3 Å². The molecule has 0 spiro atoms. The summed E-state index contributed by atoms with van der Waals surface area (Å²) in [5.41, 5.74) is -1.04. The van der Waals surface area contributed by atoms with Crippen molar-refractivity contribution in [3.8, 4) is 0 Å². The second-order valence-corrected chi connectivity index (χ2v) is 8.01. The van der Waals surface area contributed by atoms with Crippen molar-refractivity contribution in [2.75, 3.05) is 0 Å². The van der Waals surface area contributed by atoms with Crippen LogP contribution in [0.1, 0.15) is 62.5 Å². The fourth-order valence-corrected chi connectivity index (χ4v) is 4.33. The standard InChI is InChI=1S/2C12H15FO/c2*13-11-8-4-5-9-12(11,14)10-6-2-1-3-7-10/h2*1-3,6-7,11,14H,4-5,8-9H2/t2*11-,12-/m11/s1. The first-order chi connectivity index (χ1) is 13.5. The molecule has 0 bridgehead atoms. The predicted octanol–water partition coefficient (Wildman–Crippen LogP) is 5.57. The molecule has 28 heavy (non-hydrogen) atoms. The van der Waals surface area contributed by atoms with Gasteiger partial charge in [0.25, 0.3) is 0 Å². The third kappa shape index (κ3) is 4.44. The molecule has 2 fully saturated rings. The Morgan fingerprint density at radius 1 is 0.607 bits per heavy atom. The first-order valence-electron chi connectivity index (χ1n) is 10.3. The molecule has 2 aliphatic carbocycles. The molecule has 2 aromatic rings. The molecular weight excluding hydrogens is 358 g/mol. The van der Waals surface area contributed by atoms with Crippen LogP contribution in [-0.2, 0) is 11.2 Å². The van der Waals surface area contributed by atoms with Gasteiger partial charge in [-0.1, -0.05) is 86.3 Å². The van der Waals surface area contributed by atoms with Gasteiger partial charge in [0.2, 0.25) is 0 Å². The van der Waals surface area contributed by atoms with Gasteiger partial charge in [-0.15, -0.1) is 0 Å². The van der Waals surface area contributed by atoms with E-state index in [4.69, 9.17) is 0 Å². The number of hydrogen-bond acceptors (Lipinski definition) is 2. The molecule has 0 amide bonds. The van der Waals surface area contributed by atoms with Crippen LogP contribution in [0.2, 0.25) is 0 Å². The molecule has 4 atom stereocenters. The molecule has 4 heteroatoms. The number of aliphatic hydroxyl groups is 2. The lowest BCUT2D eigenvalue weighted by Crippen LogP contribution is -2.39. The Bertz CT molecular complexity index is 660. The van der Waals surface area contributed by atoms with Gasteiger partial charge in [0.05, 0.1) is 0 Å². The van der Waals surface area contributed by atoms with E-state index < -0.39 is 23.5 Å². The van der Waals surface area contributed by atoms with E-state index in [0.29, 0.717) is 36.8 Å². The second-order valence-electron chi connectivity index (χ2n) is 8.01. The van der Waals surface area contributed by atoms with Crippen LogP contribution in [-0.4, -0.2) is 22.6 Å². The fourth-order valence-electron chi connectivity index (χ4n) is 4.33. The minimum Gasteiger partial charge on any atom is -0.382 e. The number of alkyl halides is 2. The highest BCUT2D eigenvalue weighted by atomic mass is 19.1. The summed E-state index contributed by atoms with van der Waals surface area (Å²) in [7, 11) is 0. The van der Waals surface area contributed by atoms with E-state index in [0.717, 1.165) is 25.7 Å². The molecule has 0 unspecified atom stereocenters. The maximum absolute atomic E-state index is 13.7. The van der Waals surface area contributed by atoms with Crippen LogP contribution in [0.4, 0.5) is 8.78 Å². The smallest absolute Gasteiger partial charge is 0.133 e. The van der Waals surface area contributed by atoms with Gasteiger partial charge >= 0.3 is 0 Å². The Morgan fingerprint density at radius 2 is 0.964 bits per heavy atom. The third-order valence-corrected chi connectivity index (χ3v) is 6.11. The molecule has 0 saturated heterocycles. The Morgan fingerprint density at radius 3 is 1.29 bits per heavy atom. The van der Waals surface area contributed by atoms with E-state index in [1.807, 2.05) is 36.4 Å². The van der Waals surface area contributed by atoms with Crippen molar-refractivity contribution in [2.24, 2.45) is 0 Å². The zero-order valence-electron chi connectivity index (χ0n) is 16.2. The summed E-state index contributed by atoms with van der Waals surface area (Å²) in [5, 5.41) is 20.5. The number of benzene rings is 2. The molecule has 0 radical (unpaired) electrons. The Labute approximate surface area is 166 Å². The normalized spacial score (nSPS) is 32.9. The molecule has 2 aliphatic rings. The number of halogens is 2. The lowest BCUT2D eigenvalue weighted by Gasteiger charge is -2.35. The van der Waals surface area contributed by atoms with Gasteiger partial charge in [-0.3, -0.25) is 0 Å². The molecule has 2 saturated carbocycles. The Kier molecular flexibility index (Phi) is 6.84. The summed E-state index contributed by atoms with van der Waals surface area (Å²) in [4.78, 5) is 0. The minimum absolute atomic E-state index is 0.478. The number of hydrogen-bond donors (Lipinski definition) is 2. The summed E-state index contributed by atoms with van der Waals surface area (Å²) < 4.78 is 27.3. The monoisotopic (exact) mass is 388 g/mol. The van der Waals surface area contributed by atoms with Crippen LogP contribution >= 0.6 is 0 Å². The molecule has 4 rings (SSSR count). The third-order valence-electron chi connectivity index (χ3n) is 6.11. The first kappa shape index (κ1) is 20.9. The predicted molar refractivity (Wildman–Crippen MR) is 107 cm³/mol. The van der Waals surface area contributed by atoms with Crippen LogP contribution in [0.25, 0.3) is 0 Å². The minimum atomic E-state index is -1.24. The lowest BCUT2D eigenvalue weighted by molar-refractivity contribution is -0.0685. The molecule has 0 aromatic heterocycles. The fraction of sp³-hybridized carbons (Fsp3) is 0.500. The van der Waals surface area contributed by atoms with Crippen molar-refractivity contribution >= 4 is 0 Å². The van der Waals surface area contributed by atoms with E-state index in [9.17, 15) is 19.0 Å². The molecule has 0 aliphatic heterocycles. The van der Waals surface area contributed by atoms with Crippen molar-refractivity contribution in [1.82, 2.24) is 0 Å². The quantitative estimate of drug-likeness (QED) is 0.706. The summed E-state index contributed by atoms with van der Waals surface area (Å²) in [5.74, 6) is 0. The number of rotatable bonds is 2. The van der Waals surface area contributed by atoms with Gasteiger partial charge in [0.1, 0.15) is 23.5 Å². The lowest BCUT2D eigenvalue weighted by atomic mass is 9.78. The van der Waals surface area contributed by atoms with Gasteiger partial charge in [0, 0.05) is 0 Å². The van der Waals surface area contributed by atoms with E-state index >= 15 is 0 Å². The molecular formula is C24H30F2O2. The molecule has 2 nitrogen and oxygen atoms in total. The summed E-state index contributed by atoms with van der Waals surface area (Å²) in [6, 6.07) is 18.3. The van der Waals surface area contributed by atoms with Gasteiger partial charge in [0.15, 0.2) is 0 Å². The molecule has 2 N–H and O–H groups in total. The SMILES string of the molecule is O[C@@]1(c2ccccc2)CCCC[C@H]1F.O[C@@]1(c2ccccc2)CCCC[C@H]1F. The Balaban J connectivity index is 0.000000161. The molecule has 0 heterocycles. The van der Waals surface area contributed by atoms with Gasteiger partial charge < -0.3 is 10.2 Å². The topological polar surface area (TPSA) is 40.5 Å². The Hall–Kier alpha value is -1.78.